The molecule has 0 aromatic heterocycles. The third-order valence-electron chi connectivity index (χ3n) is 2.66. The average Bonchev–Trinajstić information content (AvgIpc) is 2.22. The number of esters is 1. The van der Waals surface area contributed by atoms with E-state index in [9.17, 15) is 4.79 Å². The number of hydrogen-bond acceptors (Lipinski definition) is 3. The first-order chi connectivity index (χ1) is 7.26. The van der Waals surface area contributed by atoms with Gasteiger partial charge < -0.3 is 9.47 Å². The van der Waals surface area contributed by atoms with Gasteiger partial charge in [0.1, 0.15) is 6.10 Å². The highest BCUT2D eigenvalue weighted by atomic mass is 16.5. The molecule has 0 amide bonds. The first-order valence-corrected chi connectivity index (χ1v) is 5.72. The molecule has 0 heterocycles. The quantitative estimate of drug-likeness (QED) is 0.519. The fourth-order valence-electron chi connectivity index (χ4n) is 1.87. The SMILES string of the molecule is C=COC1CCC(OC(=O)CCC)CC1. The Morgan fingerprint density at radius 2 is 1.93 bits per heavy atom. The van der Waals surface area contributed by atoms with Gasteiger partial charge in [-0.15, -0.1) is 0 Å². The van der Waals surface area contributed by atoms with Gasteiger partial charge in [-0.05, 0) is 32.1 Å². The first kappa shape index (κ1) is 12.1. The Morgan fingerprint density at radius 1 is 1.33 bits per heavy atom. The summed E-state index contributed by atoms with van der Waals surface area (Å²) in [5, 5.41) is 0. The topological polar surface area (TPSA) is 35.5 Å². The van der Waals surface area contributed by atoms with Crippen molar-refractivity contribution in [3.63, 3.8) is 0 Å². The van der Waals surface area contributed by atoms with Gasteiger partial charge in [0.15, 0.2) is 0 Å². The molecular formula is C12H20O3. The minimum absolute atomic E-state index is 0.0643. The lowest BCUT2D eigenvalue weighted by molar-refractivity contribution is -0.151. The van der Waals surface area contributed by atoms with E-state index >= 15 is 0 Å². The van der Waals surface area contributed by atoms with E-state index in [-0.39, 0.29) is 18.2 Å². The molecule has 1 aliphatic rings. The number of rotatable bonds is 5. The monoisotopic (exact) mass is 212 g/mol. The highest BCUT2D eigenvalue weighted by Gasteiger charge is 2.23. The van der Waals surface area contributed by atoms with E-state index < -0.39 is 0 Å². The van der Waals surface area contributed by atoms with Crippen molar-refractivity contribution in [2.24, 2.45) is 0 Å². The van der Waals surface area contributed by atoms with Gasteiger partial charge in [-0.1, -0.05) is 13.5 Å². The van der Waals surface area contributed by atoms with Crippen molar-refractivity contribution in [1.29, 1.82) is 0 Å². The minimum atomic E-state index is -0.0643. The summed E-state index contributed by atoms with van der Waals surface area (Å²) in [4.78, 5) is 11.2. The molecule has 0 N–H and O–H groups in total. The molecule has 1 rings (SSSR count). The van der Waals surface area contributed by atoms with Gasteiger partial charge in [0.05, 0.1) is 12.4 Å². The molecule has 0 spiro atoms. The van der Waals surface area contributed by atoms with Crippen LogP contribution in [0.5, 0.6) is 0 Å². The maximum Gasteiger partial charge on any atom is 0.306 e. The second kappa shape index (κ2) is 6.49. The Kier molecular flexibility index (Phi) is 5.22. The highest BCUT2D eigenvalue weighted by Crippen LogP contribution is 2.23. The van der Waals surface area contributed by atoms with Crippen molar-refractivity contribution >= 4 is 5.97 Å². The summed E-state index contributed by atoms with van der Waals surface area (Å²) >= 11 is 0. The summed E-state index contributed by atoms with van der Waals surface area (Å²) in [6.45, 7) is 5.52. The largest absolute Gasteiger partial charge is 0.499 e. The van der Waals surface area contributed by atoms with Crippen LogP contribution in [0.3, 0.4) is 0 Å². The minimum Gasteiger partial charge on any atom is -0.499 e. The number of carbonyl (C=O) groups is 1. The third-order valence-corrected chi connectivity index (χ3v) is 2.66. The van der Waals surface area contributed by atoms with E-state index in [2.05, 4.69) is 6.58 Å². The Morgan fingerprint density at radius 3 is 2.47 bits per heavy atom. The summed E-state index contributed by atoms with van der Waals surface area (Å²) < 4.78 is 10.6. The molecule has 0 aromatic carbocycles. The van der Waals surface area contributed by atoms with Crippen LogP contribution >= 0.6 is 0 Å². The van der Waals surface area contributed by atoms with Crippen molar-refractivity contribution < 1.29 is 14.3 Å². The molecule has 1 fully saturated rings. The van der Waals surface area contributed by atoms with Gasteiger partial charge in [-0.25, -0.2) is 0 Å². The van der Waals surface area contributed by atoms with Crippen LogP contribution in [0.2, 0.25) is 0 Å². The van der Waals surface area contributed by atoms with Crippen LogP contribution < -0.4 is 0 Å². The number of hydrogen-bond donors (Lipinski definition) is 0. The Hall–Kier alpha value is -0.990. The Labute approximate surface area is 91.4 Å². The van der Waals surface area contributed by atoms with Crippen molar-refractivity contribution in [1.82, 2.24) is 0 Å². The predicted molar refractivity (Wildman–Crippen MR) is 58.3 cm³/mol. The van der Waals surface area contributed by atoms with Crippen LogP contribution in [0.25, 0.3) is 0 Å². The molecule has 0 aromatic rings. The van der Waals surface area contributed by atoms with Gasteiger partial charge in [-0.2, -0.15) is 0 Å². The summed E-state index contributed by atoms with van der Waals surface area (Å²) in [7, 11) is 0. The molecule has 1 aliphatic carbocycles. The third kappa shape index (κ3) is 4.36. The molecule has 1 saturated carbocycles. The second-order valence-corrected chi connectivity index (χ2v) is 3.94. The van der Waals surface area contributed by atoms with Crippen LogP contribution in [0.4, 0.5) is 0 Å². The van der Waals surface area contributed by atoms with Crippen molar-refractivity contribution in [2.75, 3.05) is 0 Å². The smallest absolute Gasteiger partial charge is 0.306 e. The lowest BCUT2D eigenvalue weighted by Crippen LogP contribution is -2.27. The lowest BCUT2D eigenvalue weighted by Gasteiger charge is -2.27. The molecule has 3 nitrogen and oxygen atoms in total. The highest BCUT2D eigenvalue weighted by molar-refractivity contribution is 5.69. The Bertz CT molecular complexity index is 205. The van der Waals surface area contributed by atoms with Crippen molar-refractivity contribution in [2.45, 2.75) is 57.7 Å². The average molecular weight is 212 g/mol. The van der Waals surface area contributed by atoms with Crippen LogP contribution in [-0.4, -0.2) is 18.2 Å². The number of ether oxygens (including phenoxy) is 2. The lowest BCUT2D eigenvalue weighted by atomic mass is 9.95. The normalized spacial score (nSPS) is 25.7. The maximum absolute atomic E-state index is 11.2. The molecular weight excluding hydrogens is 192 g/mol. The zero-order chi connectivity index (χ0) is 11.1. The van der Waals surface area contributed by atoms with Gasteiger partial charge >= 0.3 is 5.97 Å². The van der Waals surface area contributed by atoms with Gasteiger partial charge in [0.25, 0.3) is 0 Å². The van der Waals surface area contributed by atoms with Gasteiger partial charge in [-0.3, -0.25) is 4.79 Å². The standard InChI is InChI=1S/C12H20O3/c1-3-5-12(13)15-11-8-6-10(7-9-11)14-4-2/h4,10-11H,2-3,5-9H2,1H3. The van der Waals surface area contributed by atoms with Crippen LogP contribution in [-0.2, 0) is 14.3 Å². The summed E-state index contributed by atoms with van der Waals surface area (Å²) in [5.41, 5.74) is 0. The second-order valence-electron chi connectivity index (χ2n) is 3.94. The van der Waals surface area contributed by atoms with E-state index in [4.69, 9.17) is 9.47 Å². The summed E-state index contributed by atoms with van der Waals surface area (Å²) in [6.07, 6.45) is 6.98. The molecule has 86 valence electrons. The molecule has 0 aliphatic heterocycles. The van der Waals surface area contributed by atoms with E-state index in [0.717, 1.165) is 32.1 Å². The van der Waals surface area contributed by atoms with Gasteiger partial charge in [0, 0.05) is 6.42 Å². The zero-order valence-electron chi connectivity index (χ0n) is 9.41. The summed E-state index contributed by atoms with van der Waals surface area (Å²) in [6, 6.07) is 0. The molecule has 3 heteroatoms. The first-order valence-electron chi connectivity index (χ1n) is 5.72. The fraction of sp³-hybridized carbons (Fsp3) is 0.750. The molecule has 0 saturated heterocycles. The van der Waals surface area contributed by atoms with Gasteiger partial charge in [0.2, 0.25) is 0 Å². The Balaban J connectivity index is 2.19. The number of carbonyl (C=O) groups excluding carboxylic acids is 1. The van der Waals surface area contributed by atoms with Crippen LogP contribution in [0, 0.1) is 0 Å². The van der Waals surface area contributed by atoms with E-state index in [1.54, 1.807) is 0 Å². The van der Waals surface area contributed by atoms with E-state index in [1.165, 1.54) is 6.26 Å². The fourth-order valence-corrected chi connectivity index (χ4v) is 1.87. The van der Waals surface area contributed by atoms with Crippen molar-refractivity contribution in [3.05, 3.63) is 12.8 Å². The molecule has 0 bridgehead atoms. The van der Waals surface area contributed by atoms with Crippen molar-refractivity contribution in [3.8, 4) is 0 Å². The van der Waals surface area contributed by atoms with Crippen LogP contribution in [0.15, 0.2) is 12.8 Å². The predicted octanol–water partition coefficient (Wildman–Crippen LogP) is 2.80. The molecule has 15 heavy (non-hydrogen) atoms. The molecule has 0 radical (unpaired) electrons. The van der Waals surface area contributed by atoms with E-state index in [0.29, 0.717) is 6.42 Å². The molecule has 0 atom stereocenters. The molecule has 0 unspecified atom stereocenters. The zero-order valence-corrected chi connectivity index (χ0v) is 9.41. The van der Waals surface area contributed by atoms with E-state index in [1.807, 2.05) is 6.92 Å². The maximum atomic E-state index is 11.2. The van der Waals surface area contributed by atoms with Crippen LogP contribution in [0.1, 0.15) is 45.4 Å². The summed E-state index contributed by atoms with van der Waals surface area (Å²) in [5.74, 6) is -0.0643.